The Morgan fingerprint density at radius 1 is 1.24 bits per heavy atom. The number of amides is 1. The first-order chi connectivity index (χ1) is 11.9. The lowest BCUT2D eigenvalue weighted by Crippen LogP contribution is -2.42. The third kappa shape index (κ3) is 5.98. The zero-order valence-electron chi connectivity index (χ0n) is 15.0. The molecule has 0 aliphatic rings. The maximum atomic E-state index is 11.8. The second-order valence-corrected chi connectivity index (χ2v) is 6.50. The molecule has 0 spiro atoms. The molecule has 0 aliphatic carbocycles. The van der Waals surface area contributed by atoms with E-state index in [2.05, 4.69) is 46.7 Å². The van der Waals surface area contributed by atoms with Gasteiger partial charge >= 0.3 is 0 Å². The SMILES string of the molecule is CN=C(NCC(=O)NCc1ccco1)NCc1ncc(C(C)(C)C)o1. The topological polar surface area (TPSA) is 105 Å². The third-order valence-corrected chi connectivity index (χ3v) is 3.38. The summed E-state index contributed by atoms with van der Waals surface area (Å²) in [5.74, 6) is 2.42. The monoisotopic (exact) mass is 347 g/mol. The molecule has 1 amide bonds. The minimum absolute atomic E-state index is 0.0861. The van der Waals surface area contributed by atoms with Gasteiger partial charge in [0.1, 0.15) is 11.5 Å². The third-order valence-electron chi connectivity index (χ3n) is 3.38. The predicted molar refractivity (Wildman–Crippen MR) is 94.0 cm³/mol. The molecule has 0 fully saturated rings. The van der Waals surface area contributed by atoms with Crippen molar-refractivity contribution in [3.05, 3.63) is 42.0 Å². The van der Waals surface area contributed by atoms with Crippen molar-refractivity contribution in [1.29, 1.82) is 0 Å². The van der Waals surface area contributed by atoms with Gasteiger partial charge in [-0.1, -0.05) is 20.8 Å². The molecule has 2 heterocycles. The quantitative estimate of drug-likeness (QED) is 0.541. The van der Waals surface area contributed by atoms with Gasteiger partial charge in [-0.15, -0.1) is 0 Å². The fraction of sp³-hybridized carbons (Fsp3) is 0.471. The molecular formula is C17H25N5O3. The number of carbonyl (C=O) groups excluding carboxylic acids is 1. The van der Waals surface area contributed by atoms with Crippen LogP contribution in [-0.2, 0) is 23.3 Å². The first-order valence-electron chi connectivity index (χ1n) is 8.07. The molecule has 0 aromatic carbocycles. The Bertz CT molecular complexity index is 698. The molecule has 2 aromatic rings. The Balaban J connectivity index is 1.73. The number of carbonyl (C=O) groups is 1. The van der Waals surface area contributed by atoms with Crippen LogP contribution in [0.3, 0.4) is 0 Å². The summed E-state index contributed by atoms with van der Waals surface area (Å²) in [5.41, 5.74) is -0.0861. The Kier molecular flexibility index (Phi) is 6.21. The van der Waals surface area contributed by atoms with Crippen molar-refractivity contribution in [2.45, 2.75) is 39.3 Å². The van der Waals surface area contributed by atoms with Crippen molar-refractivity contribution in [1.82, 2.24) is 20.9 Å². The van der Waals surface area contributed by atoms with Crippen LogP contribution in [0.15, 0.2) is 38.4 Å². The summed E-state index contributed by atoms with van der Waals surface area (Å²) in [4.78, 5) is 20.1. The lowest BCUT2D eigenvalue weighted by Gasteiger charge is -2.13. The van der Waals surface area contributed by atoms with Crippen LogP contribution in [0.25, 0.3) is 0 Å². The number of aliphatic imine (C=N–C) groups is 1. The molecule has 136 valence electrons. The maximum Gasteiger partial charge on any atom is 0.239 e. The number of nitrogens with one attached hydrogen (secondary N) is 3. The summed E-state index contributed by atoms with van der Waals surface area (Å²) in [5, 5.41) is 8.74. The van der Waals surface area contributed by atoms with Gasteiger partial charge in [0.2, 0.25) is 11.8 Å². The van der Waals surface area contributed by atoms with Crippen LogP contribution in [0.1, 0.15) is 38.2 Å². The largest absolute Gasteiger partial charge is 0.467 e. The molecule has 0 bridgehead atoms. The number of aromatic nitrogens is 1. The molecule has 0 aliphatic heterocycles. The summed E-state index contributed by atoms with van der Waals surface area (Å²) in [6, 6.07) is 3.58. The van der Waals surface area contributed by atoms with Crippen LogP contribution in [0, 0.1) is 0 Å². The Morgan fingerprint density at radius 2 is 2.04 bits per heavy atom. The maximum absolute atomic E-state index is 11.8. The minimum atomic E-state index is -0.162. The number of rotatable bonds is 6. The Hall–Kier alpha value is -2.77. The van der Waals surface area contributed by atoms with Crippen molar-refractivity contribution in [3.8, 4) is 0 Å². The first-order valence-corrected chi connectivity index (χ1v) is 8.07. The Morgan fingerprint density at radius 3 is 2.64 bits per heavy atom. The summed E-state index contributed by atoms with van der Waals surface area (Å²) in [6.07, 6.45) is 3.30. The van der Waals surface area contributed by atoms with Crippen LogP contribution < -0.4 is 16.0 Å². The average Bonchev–Trinajstić information content (AvgIpc) is 3.24. The molecule has 2 rings (SSSR count). The zero-order valence-corrected chi connectivity index (χ0v) is 15.0. The van der Waals surface area contributed by atoms with E-state index in [1.807, 2.05) is 0 Å². The normalized spacial score (nSPS) is 12.1. The van der Waals surface area contributed by atoms with E-state index >= 15 is 0 Å². The van der Waals surface area contributed by atoms with Crippen LogP contribution in [-0.4, -0.2) is 30.4 Å². The number of nitrogens with zero attached hydrogens (tertiary/aromatic N) is 2. The lowest BCUT2D eigenvalue weighted by atomic mass is 9.94. The van der Waals surface area contributed by atoms with Gasteiger partial charge in [-0.05, 0) is 12.1 Å². The van der Waals surface area contributed by atoms with Gasteiger partial charge in [-0.25, -0.2) is 4.98 Å². The van der Waals surface area contributed by atoms with Gasteiger partial charge in [0.25, 0.3) is 0 Å². The molecule has 0 saturated heterocycles. The van der Waals surface area contributed by atoms with Crippen molar-refractivity contribution in [2.24, 2.45) is 4.99 Å². The van der Waals surface area contributed by atoms with Crippen molar-refractivity contribution in [2.75, 3.05) is 13.6 Å². The molecule has 2 aromatic heterocycles. The van der Waals surface area contributed by atoms with E-state index in [-0.39, 0.29) is 17.9 Å². The molecule has 8 nitrogen and oxygen atoms in total. The van der Waals surface area contributed by atoms with E-state index in [1.165, 1.54) is 0 Å². The standard InChI is InChI=1S/C17H25N5O3/c1-17(2,3)13-9-20-15(25-13)11-22-16(18-4)21-10-14(23)19-8-12-6-5-7-24-12/h5-7,9H,8,10-11H2,1-4H3,(H,19,23)(H2,18,21,22). The highest BCUT2D eigenvalue weighted by Crippen LogP contribution is 2.22. The minimum Gasteiger partial charge on any atom is -0.467 e. The van der Waals surface area contributed by atoms with Crippen molar-refractivity contribution in [3.63, 3.8) is 0 Å². The van der Waals surface area contributed by atoms with Gasteiger partial charge in [0, 0.05) is 12.5 Å². The molecule has 0 radical (unpaired) electrons. The molecule has 0 atom stereocenters. The summed E-state index contributed by atoms with van der Waals surface area (Å²) in [7, 11) is 1.63. The predicted octanol–water partition coefficient (Wildman–Crippen LogP) is 1.55. The first kappa shape index (κ1) is 18.6. The van der Waals surface area contributed by atoms with Gasteiger partial charge in [0.15, 0.2) is 5.96 Å². The van der Waals surface area contributed by atoms with Crippen molar-refractivity contribution < 1.29 is 13.6 Å². The van der Waals surface area contributed by atoms with E-state index < -0.39 is 0 Å². The molecule has 8 heteroatoms. The highest BCUT2D eigenvalue weighted by Gasteiger charge is 2.19. The molecule has 0 unspecified atom stereocenters. The zero-order chi connectivity index (χ0) is 18.3. The lowest BCUT2D eigenvalue weighted by molar-refractivity contribution is -0.120. The van der Waals surface area contributed by atoms with Crippen LogP contribution in [0.4, 0.5) is 0 Å². The highest BCUT2D eigenvalue weighted by molar-refractivity contribution is 5.86. The molecule has 0 saturated carbocycles. The van der Waals surface area contributed by atoms with Crippen LogP contribution >= 0.6 is 0 Å². The number of oxazole rings is 1. The van der Waals surface area contributed by atoms with E-state index in [0.29, 0.717) is 30.7 Å². The Labute approximate surface area is 147 Å². The summed E-state index contributed by atoms with van der Waals surface area (Å²) < 4.78 is 10.9. The van der Waals surface area contributed by atoms with Crippen LogP contribution in [0.2, 0.25) is 0 Å². The smallest absolute Gasteiger partial charge is 0.239 e. The summed E-state index contributed by atoms with van der Waals surface area (Å²) >= 11 is 0. The number of hydrogen-bond donors (Lipinski definition) is 3. The number of hydrogen-bond acceptors (Lipinski definition) is 5. The van der Waals surface area contributed by atoms with Crippen LogP contribution in [0.5, 0.6) is 0 Å². The fourth-order valence-electron chi connectivity index (χ4n) is 1.94. The molecule has 3 N–H and O–H groups in total. The second-order valence-electron chi connectivity index (χ2n) is 6.50. The second kappa shape index (κ2) is 8.36. The number of furan rings is 1. The van der Waals surface area contributed by atoms with E-state index in [4.69, 9.17) is 8.83 Å². The van der Waals surface area contributed by atoms with Crippen molar-refractivity contribution >= 4 is 11.9 Å². The summed E-state index contributed by atoms with van der Waals surface area (Å²) in [6.45, 7) is 7.01. The number of guanidine groups is 1. The van der Waals surface area contributed by atoms with E-state index in [1.54, 1.807) is 31.6 Å². The van der Waals surface area contributed by atoms with E-state index in [0.717, 1.165) is 5.76 Å². The molecular weight excluding hydrogens is 322 g/mol. The van der Waals surface area contributed by atoms with E-state index in [9.17, 15) is 4.79 Å². The van der Waals surface area contributed by atoms with Gasteiger partial charge in [0.05, 0.1) is 32.1 Å². The fourth-order valence-corrected chi connectivity index (χ4v) is 1.94. The van der Waals surface area contributed by atoms with Gasteiger partial charge < -0.3 is 24.8 Å². The average molecular weight is 347 g/mol. The van der Waals surface area contributed by atoms with Gasteiger partial charge in [-0.3, -0.25) is 9.79 Å². The molecule has 25 heavy (non-hydrogen) atoms. The highest BCUT2D eigenvalue weighted by atomic mass is 16.4. The van der Waals surface area contributed by atoms with Gasteiger partial charge in [-0.2, -0.15) is 0 Å².